The molecule has 4 rings (SSSR count). The topological polar surface area (TPSA) is 34.1 Å². The Labute approximate surface area is 187 Å². The van der Waals surface area contributed by atoms with E-state index in [-0.39, 0.29) is 12.5 Å². The molecule has 0 fully saturated rings. The molecule has 4 nitrogen and oxygen atoms in total. The molecule has 0 saturated heterocycles. The molecule has 0 aliphatic carbocycles. The first-order valence-corrected chi connectivity index (χ1v) is 11.0. The number of hydrogen-bond donors (Lipinski definition) is 0. The van der Waals surface area contributed by atoms with E-state index in [9.17, 15) is 9.18 Å². The number of nitrogens with zero attached hydrogens (tertiary/aromatic N) is 2. The minimum atomic E-state index is -0.594. The van der Waals surface area contributed by atoms with Gasteiger partial charge in [-0.2, -0.15) is 9.13 Å². The van der Waals surface area contributed by atoms with Crippen LogP contribution in [0.3, 0.4) is 0 Å². The molecule has 0 saturated carbocycles. The van der Waals surface area contributed by atoms with E-state index in [0.29, 0.717) is 41.9 Å². The number of aromatic nitrogens is 2. The van der Waals surface area contributed by atoms with Crippen LogP contribution < -0.4 is 9.13 Å². The van der Waals surface area contributed by atoms with Crippen molar-refractivity contribution in [2.24, 2.45) is 13.0 Å². The van der Waals surface area contributed by atoms with Crippen LogP contribution in [-0.2, 0) is 23.7 Å². The van der Waals surface area contributed by atoms with Crippen LogP contribution in [0.2, 0.25) is 0 Å². The Morgan fingerprint density at radius 1 is 1.09 bits per heavy atom. The zero-order valence-electron chi connectivity index (χ0n) is 18.6. The summed E-state index contributed by atoms with van der Waals surface area (Å²) in [7, 11) is 1.79. The summed E-state index contributed by atoms with van der Waals surface area (Å²) in [6, 6.07) is 13.4. The molecule has 6 heteroatoms. The van der Waals surface area contributed by atoms with Gasteiger partial charge in [-0.1, -0.05) is 13.8 Å². The van der Waals surface area contributed by atoms with Gasteiger partial charge < -0.3 is 4.74 Å². The lowest BCUT2D eigenvalue weighted by atomic mass is 9.65. The molecule has 0 spiro atoms. The van der Waals surface area contributed by atoms with Gasteiger partial charge >= 0.3 is 5.97 Å². The van der Waals surface area contributed by atoms with Crippen molar-refractivity contribution in [1.82, 2.24) is 0 Å². The quantitative estimate of drug-likeness (QED) is 0.440. The maximum absolute atomic E-state index is 15.2. The number of fused-ring (bicyclic) bond motifs is 3. The lowest BCUT2D eigenvalue weighted by molar-refractivity contribution is -0.693. The van der Waals surface area contributed by atoms with Crippen molar-refractivity contribution in [2.75, 3.05) is 6.61 Å². The van der Waals surface area contributed by atoms with Crippen LogP contribution in [0, 0.1) is 17.6 Å². The van der Waals surface area contributed by atoms with Gasteiger partial charge in [-0.25, -0.2) is 13.6 Å². The predicted molar refractivity (Wildman–Crippen MR) is 116 cm³/mol. The second-order valence-corrected chi connectivity index (χ2v) is 8.40. The van der Waals surface area contributed by atoms with Crippen LogP contribution in [0.4, 0.5) is 8.78 Å². The molecule has 0 amide bonds. The lowest BCUT2D eigenvalue weighted by Gasteiger charge is -2.37. The van der Waals surface area contributed by atoms with Gasteiger partial charge in [0.2, 0.25) is 5.69 Å². The number of carbonyl (C=O) groups is 1. The highest BCUT2D eigenvalue weighted by Crippen LogP contribution is 2.46. The third-order valence-electron chi connectivity index (χ3n) is 6.93. The summed E-state index contributed by atoms with van der Waals surface area (Å²) in [6.45, 7) is 4.74. The van der Waals surface area contributed by atoms with E-state index in [2.05, 4.69) is 0 Å². The van der Waals surface area contributed by atoms with Crippen LogP contribution in [0.25, 0.3) is 11.3 Å². The van der Waals surface area contributed by atoms with E-state index in [0.717, 1.165) is 6.07 Å². The number of rotatable bonds is 5. The van der Waals surface area contributed by atoms with Crippen LogP contribution in [0.5, 0.6) is 0 Å². The fourth-order valence-corrected chi connectivity index (χ4v) is 5.13. The van der Waals surface area contributed by atoms with Crippen molar-refractivity contribution in [3.8, 4) is 11.3 Å². The Bertz CT molecular complexity index is 1160. The summed E-state index contributed by atoms with van der Waals surface area (Å²) in [5.41, 5.74) is 1.67. The number of benzene rings is 1. The molecular weight excluding hydrogens is 410 g/mol. The molecule has 0 radical (unpaired) electrons. The number of aryl methyl sites for hydroxylation is 1. The van der Waals surface area contributed by atoms with Crippen molar-refractivity contribution in [1.29, 1.82) is 0 Å². The first kappa shape index (κ1) is 22.1. The molecule has 1 aliphatic rings. The second kappa shape index (κ2) is 8.77. The summed E-state index contributed by atoms with van der Waals surface area (Å²) < 4.78 is 39.1. The highest BCUT2D eigenvalue weighted by molar-refractivity contribution is 5.85. The Morgan fingerprint density at radius 2 is 1.81 bits per heavy atom. The lowest BCUT2D eigenvalue weighted by Crippen LogP contribution is -2.46. The number of carbonyl (C=O) groups excluding carboxylic acids is 1. The summed E-state index contributed by atoms with van der Waals surface area (Å²) >= 11 is 0. The molecule has 2 aromatic heterocycles. The van der Waals surface area contributed by atoms with Crippen LogP contribution in [0.1, 0.15) is 42.7 Å². The first-order valence-electron chi connectivity index (χ1n) is 11.0. The largest absolute Gasteiger partial charge is 0.457 e. The van der Waals surface area contributed by atoms with E-state index >= 15 is 4.39 Å². The molecule has 1 aliphatic heterocycles. The predicted octanol–water partition coefficient (Wildman–Crippen LogP) is 4.29. The molecule has 0 bridgehead atoms. The van der Waals surface area contributed by atoms with Crippen LogP contribution >= 0.6 is 0 Å². The highest BCUT2D eigenvalue weighted by atomic mass is 19.1. The SMILES string of the molecule is CCC1(CC)c2cc(F)cc(F)c2-c2cccc[n+]2CC1COC(=O)c1cccc[n+]1C. The fourth-order valence-electron chi connectivity index (χ4n) is 5.13. The average molecular weight is 439 g/mol. The van der Waals surface area contributed by atoms with Crippen molar-refractivity contribution in [3.05, 3.63) is 83.8 Å². The first-order chi connectivity index (χ1) is 15.4. The monoisotopic (exact) mass is 438 g/mol. The van der Waals surface area contributed by atoms with Gasteiger partial charge in [-0.05, 0) is 36.6 Å². The van der Waals surface area contributed by atoms with Crippen molar-refractivity contribution in [2.45, 2.75) is 38.6 Å². The number of pyridine rings is 2. The van der Waals surface area contributed by atoms with E-state index in [1.807, 2.05) is 48.9 Å². The smallest absolute Gasteiger partial charge is 0.403 e. The molecular formula is C26H28F2N2O2+2. The van der Waals surface area contributed by atoms with Crippen molar-refractivity contribution in [3.63, 3.8) is 0 Å². The molecule has 0 N–H and O–H groups in total. The van der Waals surface area contributed by atoms with Gasteiger partial charge in [0.25, 0.3) is 5.69 Å². The van der Waals surface area contributed by atoms with E-state index in [4.69, 9.17) is 4.74 Å². The number of hydrogen-bond acceptors (Lipinski definition) is 2. The summed E-state index contributed by atoms with van der Waals surface area (Å²) in [5.74, 6) is -1.74. The molecule has 166 valence electrons. The highest BCUT2D eigenvalue weighted by Gasteiger charge is 2.46. The maximum atomic E-state index is 15.2. The zero-order chi connectivity index (χ0) is 22.9. The minimum Gasteiger partial charge on any atom is -0.457 e. The third-order valence-corrected chi connectivity index (χ3v) is 6.93. The van der Waals surface area contributed by atoms with Gasteiger partial charge in [0, 0.05) is 35.7 Å². The van der Waals surface area contributed by atoms with Crippen LogP contribution in [-0.4, -0.2) is 12.6 Å². The van der Waals surface area contributed by atoms with Crippen molar-refractivity contribution >= 4 is 5.97 Å². The second-order valence-electron chi connectivity index (χ2n) is 8.40. The van der Waals surface area contributed by atoms with E-state index < -0.39 is 23.0 Å². The number of esters is 1. The third kappa shape index (κ3) is 3.68. The maximum Gasteiger partial charge on any atom is 0.403 e. The van der Waals surface area contributed by atoms with Gasteiger partial charge in [0.15, 0.2) is 18.9 Å². The standard InChI is InChI=1S/C26H28F2N2O2/c1-4-26(5-2)18(17-32-25(31)23-11-6-8-12-29(23)3)16-30-13-9-7-10-22(30)24-20(26)14-19(27)15-21(24)28/h6-15,18H,4-5,16-17H2,1-3H3/q+2. The number of halogens is 2. The normalized spacial score (nSPS) is 16.6. The Morgan fingerprint density at radius 3 is 2.53 bits per heavy atom. The Hall–Kier alpha value is -3.15. The average Bonchev–Trinajstić information content (AvgIpc) is 2.90. The molecule has 3 heterocycles. The Kier molecular flexibility index (Phi) is 6.04. The van der Waals surface area contributed by atoms with E-state index in [1.165, 1.54) is 6.07 Å². The van der Waals surface area contributed by atoms with Gasteiger partial charge in [0.1, 0.15) is 25.3 Å². The molecule has 1 unspecified atom stereocenters. The molecule has 3 aromatic rings. The number of ether oxygens (including phenoxy) is 1. The molecule has 32 heavy (non-hydrogen) atoms. The summed E-state index contributed by atoms with van der Waals surface area (Å²) in [5, 5.41) is 0. The van der Waals surface area contributed by atoms with Crippen LogP contribution in [0.15, 0.2) is 60.9 Å². The fraction of sp³-hybridized carbons (Fsp3) is 0.346. The Balaban J connectivity index is 1.80. The van der Waals surface area contributed by atoms with E-state index in [1.54, 1.807) is 29.9 Å². The van der Waals surface area contributed by atoms with Gasteiger partial charge in [-0.15, -0.1) is 0 Å². The zero-order valence-corrected chi connectivity index (χ0v) is 18.6. The minimum absolute atomic E-state index is 0.147. The summed E-state index contributed by atoms with van der Waals surface area (Å²) in [6.07, 6.45) is 5.01. The molecule has 1 aromatic carbocycles. The molecule has 1 atom stereocenters. The van der Waals surface area contributed by atoms with Gasteiger partial charge in [0.05, 0.1) is 11.5 Å². The van der Waals surface area contributed by atoms with Crippen molar-refractivity contribution < 1.29 is 27.4 Å². The summed E-state index contributed by atoms with van der Waals surface area (Å²) in [4.78, 5) is 12.8. The van der Waals surface area contributed by atoms with Gasteiger partial charge in [-0.3, -0.25) is 0 Å².